The number of piperidine rings is 1. The number of aliphatic imine (C=N–C) groups is 1. The average Bonchev–Trinajstić information content (AvgIpc) is 3.18. The van der Waals surface area contributed by atoms with Crippen LogP contribution in [0.15, 0.2) is 22.5 Å². The zero-order chi connectivity index (χ0) is 19.6. The molecule has 1 aromatic rings. The standard InChI is InChI=1S/C19H30N4O3S/c1-4-26-18(25)15-8-11-23(12-9-15)19(21-14-17(24)22(2)3)20-10-7-16-6-5-13-27-16/h5-6,13,15H,4,7-12,14H2,1-3H3,(H,20,21). The van der Waals surface area contributed by atoms with Crippen LogP contribution in [0, 0.1) is 5.92 Å². The molecular weight excluding hydrogens is 364 g/mol. The van der Waals surface area contributed by atoms with Crippen molar-refractivity contribution in [2.75, 3.05) is 46.9 Å². The largest absolute Gasteiger partial charge is 0.466 e. The average molecular weight is 395 g/mol. The molecule has 150 valence electrons. The third-order valence-electron chi connectivity index (χ3n) is 4.51. The summed E-state index contributed by atoms with van der Waals surface area (Å²) in [6.07, 6.45) is 2.40. The zero-order valence-electron chi connectivity index (χ0n) is 16.4. The third-order valence-corrected chi connectivity index (χ3v) is 5.45. The number of nitrogens with one attached hydrogen (secondary N) is 1. The number of rotatable bonds is 7. The smallest absolute Gasteiger partial charge is 0.309 e. The quantitative estimate of drug-likeness (QED) is 0.432. The Labute approximate surface area is 165 Å². The van der Waals surface area contributed by atoms with E-state index in [2.05, 4.69) is 26.7 Å². The van der Waals surface area contributed by atoms with Gasteiger partial charge in [0.15, 0.2) is 5.96 Å². The SMILES string of the molecule is CCOC(=O)C1CCN(C(=NCC(=O)N(C)C)NCCc2cccs2)CC1. The summed E-state index contributed by atoms with van der Waals surface area (Å²) >= 11 is 1.73. The molecule has 1 aliphatic heterocycles. The zero-order valence-corrected chi connectivity index (χ0v) is 17.3. The Morgan fingerprint density at radius 3 is 2.70 bits per heavy atom. The molecule has 1 amide bonds. The second-order valence-corrected chi connectivity index (χ2v) is 7.73. The van der Waals surface area contributed by atoms with E-state index in [-0.39, 0.29) is 24.3 Å². The van der Waals surface area contributed by atoms with Crippen LogP contribution in [0.3, 0.4) is 0 Å². The first-order chi connectivity index (χ1) is 13.0. The van der Waals surface area contributed by atoms with Gasteiger partial charge in [0.2, 0.25) is 5.91 Å². The highest BCUT2D eigenvalue weighted by Crippen LogP contribution is 2.19. The van der Waals surface area contributed by atoms with E-state index < -0.39 is 0 Å². The number of hydrogen-bond donors (Lipinski definition) is 1. The highest BCUT2D eigenvalue weighted by molar-refractivity contribution is 7.09. The summed E-state index contributed by atoms with van der Waals surface area (Å²) in [5.74, 6) is 0.555. The Balaban J connectivity index is 1.93. The molecule has 0 unspecified atom stereocenters. The summed E-state index contributed by atoms with van der Waals surface area (Å²) in [7, 11) is 3.46. The van der Waals surface area contributed by atoms with Crippen LogP contribution in [-0.2, 0) is 20.7 Å². The van der Waals surface area contributed by atoms with Crippen molar-refractivity contribution in [1.82, 2.24) is 15.1 Å². The number of likely N-dealkylation sites (tertiary alicyclic amines) is 1. The minimum Gasteiger partial charge on any atom is -0.466 e. The molecule has 0 aliphatic carbocycles. The Morgan fingerprint density at radius 1 is 1.37 bits per heavy atom. The van der Waals surface area contributed by atoms with Crippen LogP contribution in [0.1, 0.15) is 24.6 Å². The normalized spacial score (nSPS) is 15.5. The molecule has 0 saturated carbocycles. The summed E-state index contributed by atoms with van der Waals surface area (Å²) in [5.41, 5.74) is 0. The van der Waals surface area contributed by atoms with Gasteiger partial charge in [-0.2, -0.15) is 0 Å². The minimum absolute atomic E-state index is 0.0334. The van der Waals surface area contributed by atoms with Gasteiger partial charge in [-0.15, -0.1) is 11.3 Å². The number of amides is 1. The highest BCUT2D eigenvalue weighted by atomic mass is 32.1. The van der Waals surface area contributed by atoms with Crippen LogP contribution in [0.5, 0.6) is 0 Å². The van der Waals surface area contributed by atoms with Gasteiger partial charge in [0.25, 0.3) is 0 Å². The molecular formula is C19H30N4O3S. The number of likely N-dealkylation sites (N-methyl/N-ethyl adjacent to an activating group) is 1. The van der Waals surface area contributed by atoms with Gasteiger partial charge in [-0.3, -0.25) is 9.59 Å². The molecule has 1 saturated heterocycles. The van der Waals surface area contributed by atoms with E-state index in [1.807, 2.05) is 13.0 Å². The van der Waals surface area contributed by atoms with Gasteiger partial charge in [-0.1, -0.05) is 6.07 Å². The van der Waals surface area contributed by atoms with Crippen molar-refractivity contribution in [2.45, 2.75) is 26.2 Å². The van der Waals surface area contributed by atoms with Crippen LogP contribution < -0.4 is 5.32 Å². The summed E-state index contributed by atoms with van der Waals surface area (Å²) in [6.45, 7) is 4.58. The van der Waals surface area contributed by atoms with E-state index in [0.717, 1.165) is 44.9 Å². The number of esters is 1. The van der Waals surface area contributed by atoms with Crippen molar-refractivity contribution in [2.24, 2.45) is 10.9 Å². The maximum Gasteiger partial charge on any atom is 0.309 e. The van der Waals surface area contributed by atoms with Crippen molar-refractivity contribution in [3.8, 4) is 0 Å². The summed E-state index contributed by atoms with van der Waals surface area (Å²) in [5, 5.41) is 5.46. The Hall–Kier alpha value is -2.09. The summed E-state index contributed by atoms with van der Waals surface area (Å²) < 4.78 is 5.14. The van der Waals surface area contributed by atoms with Crippen molar-refractivity contribution < 1.29 is 14.3 Å². The van der Waals surface area contributed by atoms with Gasteiger partial charge < -0.3 is 19.9 Å². The topological polar surface area (TPSA) is 74.2 Å². The summed E-state index contributed by atoms with van der Waals surface area (Å²) in [6, 6.07) is 4.16. The maximum atomic E-state index is 11.9. The number of carbonyl (C=O) groups is 2. The van der Waals surface area contributed by atoms with Crippen molar-refractivity contribution in [3.63, 3.8) is 0 Å². The lowest BCUT2D eigenvalue weighted by atomic mass is 9.97. The molecule has 0 aromatic carbocycles. The number of ether oxygens (including phenoxy) is 1. The van der Waals surface area contributed by atoms with Gasteiger partial charge in [0, 0.05) is 38.6 Å². The van der Waals surface area contributed by atoms with Crippen molar-refractivity contribution >= 4 is 29.2 Å². The van der Waals surface area contributed by atoms with E-state index in [9.17, 15) is 9.59 Å². The Bertz CT molecular complexity index is 623. The Kier molecular flexibility index (Phi) is 8.57. The first kappa shape index (κ1) is 21.2. The molecule has 7 nitrogen and oxygen atoms in total. The van der Waals surface area contributed by atoms with E-state index in [1.54, 1.807) is 30.3 Å². The minimum atomic E-state index is -0.107. The number of nitrogens with zero attached hydrogens (tertiary/aromatic N) is 3. The lowest BCUT2D eigenvalue weighted by Crippen LogP contribution is -2.47. The predicted molar refractivity (Wildman–Crippen MR) is 108 cm³/mol. The first-order valence-electron chi connectivity index (χ1n) is 9.43. The summed E-state index contributed by atoms with van der Waals surface area (Å²) in [4.78, 5) is 33.4. The molecule has 0 spiro atoms. The monoisotopic (exact) mass is 394 g/mol. The molecule has 1 N–H and O–H groups in total. The molecule has 0 radical (unpaired) electrons. The fraction of sp³-hybridized carbons (Fsp3) is 0.632. The number of guanidine groups is 1. The molecule has 8 heteroatoms. The highest BCUT2D eigenvalue weighted by Gasteiger charge is 2.27. The number of thiophene rings is 1. The fourth-order valence-corrected chi connectivity index (χ4v) is 3.60. The first-order valence-corrected chi connectivity index (χ1v) is 10.3. The molecule has 0 bridgehead atoms. The number of hydrogen-bond acceptors (Lipinski definition) is 5. The molecule has 1 aromatic heterocycles. The molecule has 27 heavy (non-hydrogen) atoms. The predicted octanol–water partition coefficient (Wildman–Crippen LogP) is 1.60. The second kappa shape index (κ2) is 10.9. The third kappa shape index (κ3) is 6.86. The van der Waals surface area contributed by atoms with E-state index in [1.165, 1.54) is 4.88 Å². The lowest BCUT2D eigenvalue weighted by Gasteiger charge is -2.33. The van der Waals surface area contributed by atoms with Gasteiger partial charge in [-0.05, 0) is 37.6 Å². The molecule has 1 fully saturated rings. The Morgan fingerprint density at radius 2 is 2.11 bits per heavy atom. The van der Waals surface area contributed by atoms with Gasteiger partial charge >= 0.3 is 5.97 Å². The van der Waals surface area contributed by atoms with E-state index >= 15 is 0 Å². The lowest BCUT2D eigenvalue weighted by molar-refractivity contribution is -0.149. The van der Waals surface area contributed by atoms with E-state index in [0.29, 0.717) is 6.61 Å². The molecule has 2 rings (SSSR count). The second-order valence-electron chi connectivity index (χ2n) is 6.70. The van der Waals surface area contributed by atoms with Gasteiger partial charge in [-0.25, -0.2) is 4.99 Å². The van der Waals surface area contributed by atoms with Gasteiger partial charge in [0.05, 0.1) is 12.5 Å². The van der Waals surface area contributed by atoms with Crippen LogP contribution in [0.2, 0.25) is 0 Å². The van der Waals surface area contributed by atoms with Crippen molar-refractivity contribution in [1.29, 1.82) is 0 Å². The molecule has 1 aliphatic rings. The van der Waals surface area contributed by atoms with Crippen LogP contribution in [-0.4, -0.2) is 74.5 Å². The van der Waals surface area contributed by atoms with Gasteiger partial charge in [0.1, 0.15) is 6.54 Å². The number of carbonyl (C=O) groups excluding carboxylic acids is 2. The van der Waals surface area contributed by atoms with Crippen molar-refractivity contribution in [3.05, 3.63) is 22.4 Å². The molecule has 0 atom stereocenters. The van der Waals surface area contributed by atoms with E-state index in [4.69, 9.17) is 4.74 Å². The van der Waals surface area contributed by atoms with Crippen LogP contribution in [0.25, 0.3) is 0 Å². The fourth-order valence-electron chi connectivity index (χ4n) is 2.89. The van der Waals surface area contributed by atoms with Crippen LogP contribution >= 0.6 is 11.3 Å². The maximum absolute atomic E-state index is 11.9. The van der Waals surface area contributed by atoms with Crippen LogP contribution in [0.4, 0.5) is 0 Å². The molecule has 2 heterocycles.